The summed E-state index contributed by atoms with van der Waals surface area (Å²) in [6.45, 7) is 0.345. The normalized spacial score (nSPS) is 11.5. The molecule has 3 aromatic rings. The number of aromatic nitrogens is 1. The molecule has 0 unspecified atom stereocenters. The summed E-state index contributed by atoms with van der Waals surface area (Å²) in [5, 5.41) is 4.67. The van der Waals surface area contributed by atoms with Crippen LogP contribution >= 0.6 is 34.2 Å². The Hall–Kier alpha value is -2.53. The number of halogens is 5. The summed E-state index contributed by atoms with van der Waals surface area (Å²) >= 11 is 8.03. The van der Waals surface area contributed by atoms with Gasteiger partial charge in [-0.05, 0) is 70.1 Å². The average molecular weight is 562 g/mol. The van der Waals surface area contributed by atoms with Gasteiger partial charge in [0, 0.05) is 11.2 Å². The molecule has 10 heteroatoms. The summed E-state index contributed by atoms with van der Waals surface area (Å²) in [6, 6.07) is 13.1. The van der Waals surface area contributed by atoms with Crippen molar-refractivity contribution in [1.29, 1.82) is 0 Å². The average Bonchev–Trinajstić information content (AvgIpc) is 2.73. The molecule has 31 heavy (non-hydrogen) atoms. The van der Waals surface area contributed by atoms with E-state index in [1.165, 1.54) is 19.4 Å². The molecule has 0 radical (unpaired) electrons. The number of pyridine rings is 1. The number of hydrogen-bond donors (Lipinski definition) is 1. The van der Waals surface area contributed by atoms with Crippen LogP contribution in [-0.2, 0) is 12.8 Å². The summed E-state index contributed by atoms with van der Waals surface area (Å²) in [4.78, 5) is 3.70. The number of benzene rings is 2. The van der Waals surface area contributed by atoms with Gasteiger partial charge in [0.15, 0.2) is 11.5 Å². The van der Waals surface area contributed by atoms with E-state index in [1.807, 2.05) is 18.2 Å². The largest absolute Gasteiger partial charge is 0.493 e. The quantitative estimate of drug-likeness (QED) is 0.206. The van der Waals surface area contributed by atoms with Crippen molar-refractivity contribution in [3.63, 3.8) is 0 Å². The molecule has 3 rings (SSSR count). The maximum absolute atomic E-state index is 12.6. The molecular weight excluding hydrogens is 546 g/mol. The SMILES string of the molecule is COc1cc(/C=N/Nc2ccc(C(F)(F)F)cn2)cc(I)c1OCc1ccc(Cl)cc1. The highest BCUT2D eigenvalue weighted by molar-refractivity contribution is 14.1. The van der Waals surface area contributed by atoms with E-state index in [-0.39, 0.29) is 5.82 Å². The number of methoxy groups -OCH3 is 1. The zero-order valence-electron chi connectivity index (χ0n) is 16.1. The summed E-state index contributed by atoms with van der Waals surface area (Å²) < 4.78 is 49.9. The van der Waals surface area contributed by atoms with Crippen molar-refractivity contribution in [2.24, 2.45) is 5.10 Å². The van der Waals surface area contributed by atoms with Crippen molar-refractivity contribution in [3.05, 3.63) is 80.0 Å². The van der Waals surface area contributed by atoms with E-state index in [2.05, 4.69) is 38.1 Å². The van der Waals surface area contributed by atoms with Gasteiger partial charge >= 0.3 is 6.18 Å². The first-order valence-electron chi connectivity index (χ1n) is 8.83. The van der Waals surface area contributed by atoms with Crippen LogP contribution in [0.15, 0.2) is 59.8 Å². The molecule has 0 spiro atoms. The smallest absolute Gasteiger partial charge is 0.417 e. The van der Waals surface area contributed by atoms with Gasteiger partial charge in [-0.2, -0.15) is 18.3 Å². The first-order valence-corrected chi connectivity index (χ1v) is 10.3. The van der Waals surface area contributed by atoms with Crippen LogP contribution in [0, 0.1) is 3.57 Å². The molecule has 2 aromatic carbocycles. The Bertz CT molecular complexity index is 1060. The van der Waals surface area contributed by atoms with Crippen LogP contribution in [0.25, 0.3) is 0 Å². The maximum atomic E-state index is 12.6. The number of hydrazone groups is 1. The molecule has 0 aliphatic rings. The number of anilines is 1. The molecule has 1 aromatic heterocycles. The minimum Gasteiger partial charge on any atom is -0.493 e. The molecular formula is C21H16ClF3IN3O2. The van der Waals surface area contributed by atoms with E-state index < -0.39 is 11.7 Å². The van der Waals surface area contributed by atoms with Gasteiger partial charge in [0.25, 0.3) is 0 Å². The van der Waals surface area contributed by atoms with Crippen molar-refractivity contribution in [1.82, 2.24) is 4.98 Å². The minimum absolute atomic E-state index is 0.189. The molecule has 0 amide bonds. The first kappa shape index (κ1) is 23.1. The lowest BCUT2D eigenvalue weighted by Crippen LogP contribution is -2.05. The molecule has 1 heterocycles. The predicted octanol–water partition coefficient (Wildman–Crippen LogP) is 6.39. The highest BCUT2D eigenvalue weighted by atomic mass is 127. The van der Waals surface area contributed by atoms with Gasteiger partial charge in [-0.25, -0.2) is 4.98 Å². The minimum atomic E-state index is -4.43. The van der Waals surface area contributed by atoms with Crippen molar-refractivity contribution in [2.45, 2.75) is 12.8 Å². The molecule has 0 fully saturated rings. The van der Waals surface area contributed by atoms with Gasteiger partial charge < -0.3 is 9.47 Å². The Morgan fingerprint density at radius 3 is 2.52 bits per heavy atom. The lowest BCUT2D eigenvalue weighted by Gasteiger charge is -2.13. The van der Waals surface area contributed by atoms with Gasteiger partial charge in [0.1, 0.15) is 12.4 Å². The van der Waals surface area contributed by atoms with Crippen LogP contribution < -0.4 is 14.9 Å². The Morgan fingerprint density at radius 1 is 1.16 bits per heavy atom. The standard InChI is InChI=1S/C21H16ClF3IN3O2/c1-30-18-9-14(10-28-29-19-7-4-15(11-27-19)21(23,24)25)8-17(26)20(18)31-12-13-2-5-16(22)6-3-13/h2-11H,12H2,1H3,(H,27,29)/b28-10+. The number of alkyl halides is 3. The van der Waals surface area contributed by atoms with Crippen molar-refractivity contribution < 1.29 is 22.6 Å². The Balaban J connectivity index is 1.68. The topological polar surface area (TPSA) is 55.7 Å². The van der Waals surface area contributed by atoms with Crippen LogP contribution in [0.5, 0.6) is 11.5 Å². The van der Waals surface area contributed by atoms with Gasteiger partial charge in [-0.3, -0.25) is 5.43 Å². The van der Waals surface area contributed by atoms with Crippen molar-refractivity contribution in [2.75, 3.05) is 12.5 Å². The summed E-state index contributed by atoms with van der Waals surface area (Å²) in [6.07, 6.45) is -2.18. The third kappa shape index (κ3) is 6.47. The zero-order chi connectivity index (χ0) is 22.4. The van der Waals surface area contributed by atoms with Crippen LogP contribution in [0.3, 0.4) is 0 Å². The van der Waals surface area contributed by atoms with Gasteiger partial charge in [-0.1, -0.05) is 23.7 Å². The predicted molar refractivity (Wildman–Crippen MR) is 122 cm³/mol. The number of rotatable bonds is 7. The van der Waals surface area contributed by atoms with Gasteiger partial charge in [-0.15, -0.1) is 0 Å². The first-order chi connectivity index (χ1) is 14.8. The number of nitrogens with one attached hydrogen (secondary N) is 1. The Kier molecular flexibility index (Phi) is 7.60. The molecule has 0 aliphatic carbocycles. The number of ether oxygens (including phenoxy) is 2. The second kappa shape index (κ2) is 10.2. The summed E-state index contributed by atoms with van der Waals surface area (Å²) in [5.74, 6) is 1.30. The zero-order valence-corrected chi connectivity index (χ0v) is 19.0. The number of hydrogen-bond acceptors (Lipinski definition) is 5. The van der Waals surface area contributed by atoms with E-state index in [1.54, 1.807) is 18.2 Å². The van der Waals surface area contributed by atoms with E-state index in [9.17, 15) is 13.2 Å². The fraction of sp³-hybridized carbons (Fsp3) is 0.143. The van der Waals surface area contributed by atoms with Gasteiger partial charge in [0.2, 0.25) is 0 Å². The highest BCUT2D eigenvalue weighted by Gasteiger charge is 2.30. The lowest BCUT2D eigenvalue weighted by molar-refractivity contribution is -0.137. The third-order valence-corrected chi connectivity index (χ3v) is 5.09. The van der Waals surface area contributed by atoms with E-state index >= 15 is 0 Å². The third-order valence-electron chi connectivity index (χ3n) is 4.03. The summed E-state index contributed by atoms with van der Waals surface area (Å²) in [7, 11) is 1.53. The monoisotopic (exact) mass is 561 g/mol. The molecule has 0 saturated heterocycles. The molecule has 162 valence electrons. The lowest BCUT2D eigenvalue weighted by atomic mass is 10.2. The molecule has 0 bridgehead atoms. The van der Waals surface area contributed by atoms with Crippen LogP contribution in [0.1, 0.15) is 16.7 Å². The number of nitrogens with zero attached hydrogens (tertiary/aromatic N) is 2. The maximum Gasteiger partial charge on any atom is 0.417 e. The van der Waals surface area contributed by atoms with E-state index in [0.717, 1.165) is 21.4 Å². The summed E-state index contributed by atoms with van der Waals surface area (Å²) in [5.41, 5.74) is 3.44. The second-order valence-electron chi connectivity index (χ2n) is 6.25. The molecule has 1 N–H and O–H groups in total. The molecule has 0 atom stereocenters. The van der Waals surface area contributed by atoms with Gasteiger partial charge in [0.05, 0.1) is 22.5 Å². The van der Waals surface area contributed by atoms with E-state index in [0.29, 0.717) is 28.7 Å². The van der Waals surface area contributed by atoms with E-state index in [4.69, 9.17) is 21.1 Å². The van der Waals surface area contributed by atoms with Crippen LogP contribution in [-0.4, -0.2) is 18.3 Å². The molecule has 0 aliphatic heterocycles. The molecule has 5 nitrogen and oxygen atoms in total. The fourth-order valence-electron chi connectivity index (χ4n) is 2.49. The second-order valence-corrected chi connectivity index (χ2v) is 7.85. The molecule has 0 saturated carbocycles. The Morgan fingerprint density at radius 2 is 1.90 bits per heavy atom. The fourth-order valence-corrected chi connectivity index (χ4v) is 3.40. The van der Waals surface area contributed by atoms with Crippen molar-refractivity contribution >= 4 is 46.2 Å². The highest BCUT2D eigenvalue weighted by Crippen LogP contribution is 2.34. The van der Waals surface area contributed by atoms with Crippen LogP contribution in [0.4, 0.5) is 19.0 Å². The van der Waals surface area contributed by atoms with Crippen LogP contribution in [0.2, 0.25) is 5.02 Å². The van der Waals surface area contributed by atoms with Crippen molar-refractivity contribution in [3.8, 4) is 11.5 Å². The Labute approximate surface area is 195 Å².